The third kappa shape index (κ3) is 2.42. The molecule has 0 aromatic heterocycles. The highest BCUT2D eigenvalue weighted by molar-refractivity contribution is 5.81. The van der Waals surface area contributed by atoms with Gasteiger partial charge in [-0.25, -0.2) is 0 Å². The Morgan fingerprint density at radius 2 is 2.07 bits per heavy atom. The van der Waals surface area contributed by atoms with Gasteiger partial charge in [0.25, 0.3) is 0 Å². The number of rotatable bonds is 1. The third-order valence-corrected chi connectivity index (χ3v) is 3.41. The average molecular weight is 207 g/mol. The molecule has 0 N–H and O–H groups in total. The Labute approximate surface area is 92.3 Å². The van der Waals surface area contributed by atoms with E-state index in [9.17, 15) is 4.79 Å². The fraction of sp³-hybridized carbons (Fsp3) is 0.769. The molecular formula is C13H21NO. The van der Waals surface area contributed by atoms with Crippen molar-refractivity contribution in [3.05, 3.63) is 11.6 Å². The van der Waals surface area contributed by atoms with Crippen LogP contribution < -0.4 is 0 Å². The van der Waals surface area contributed by atoms with Crippen LogP contribution in [0, 0.1) is 11.3 Å². The molecule has 0 atom stereocenters. The molecule has 1 amide bonds. The van der Waals surface area contributed by atoms with Crippen LogP contribution in [0.25, 0.3) is 0 Å². The molecule has 2 nitrogen and oxygen atoms in total. The maximum Gasteiger partial charge on any atom is 0.225 e. The van der Waals surface area contributed by atoms with Crippen molar-refractivity contribution >= 4 is 5.91 Å². The molecule has 0 aromatic rings. The van der Waals surface area contributed by atoms with Gasteiger partial charge >= 0.3 is 0 Å². The van der Waals surface area contributed by atoms with E-state index in [1.54, 1.807) is 0 Å². The highest BCUT2D eigenvalue weighted by Crippen LogP contribution is 2.34. The molecule has 1 aliphatic carbocycles. The summed E-state index contributed by atoms with van der Waals surface area (Å²) in [6.07, 6.45) is 5.54. The van der Waals surface area contributed by atoms with E-state index in [1.807, 2.05) is 4.90 Å². The van der Waals surface area contributed by atoms with Crippen molar-refractivity contribution in [2.24, 2.45) is 11.3 Å². The molecule has 15 heavy (non-hydrogen) atoms. The lowest BCUT2D eigenvalue weighted by atomic mass is 9.83. The van der Waals surface area contributed by atoms with E-state index in [0.717, 1.165) is 32.4 Å². The first-order valence-corrected chi connectivity index (χ1v) is 5.97. The second-order valence-electron chi connectivity index (χ2n) is 5.79. The topological polar surface area (TPSA) is 20.3 Å². The van der Waals surface area contributed by atoms with Crippen LogP contribution in [-0.4, -0.2) is 23.9 Å². The summed E-state index contributed by atoms with van der Waals surface area (Å²) in [4.78, 5) is 13.8. The Morgan fingerprint density at radius 1 is 1.40 bits per heavy atom. The highest BCUT2D eigenvalue weighted by atomic mass is 16.2. The standard InChI is InChI=1S/C13H21NO/c1-13(2,3)11-6-8-14(9-7-11)12(15)10-4-5-10/h6,10H,4-5,7-9H2,1-3H3. The van der Waals surface area contributed by atoms with Gasteiger partial charge in [0, 0.05) is 19.0 Å². The second-order valence-corrected chi connectivity index (χ2v) is 5.79. The van der Waals surface area contributed by atoms with E-state index in [-0.39, 0.29) is 5.41 Å². The fourth-order valence-corrected chi connectivity index (χ4v) is 2.14. The van der Waals surface area contributed by atoms with E-state index in [2.05, 4.69) is 26.8 Å². The zero-order chi connectivity index (χ0) is 11.1. The second kappa shape index (κ2) is 3.66. The molecule has 1 heterocycles. The van der Waals surface area contributed by atoms with Crippen LogP contribution in [-0.2, 0) is 4.79 Å². The van der Waals surface area contributed by atoms with Gasteiger partial charge in [-0.3, -0.25) is 4.79 Å². The van der Waals surface area contributed by atoms with Crippen LogP contribution in [0.1, 0.15) is 40.0 Å². The van der Waals surface area contributed by atoms with Crippen molar-refractivity contribution < 1.29 is 4.79 Å². The van der Waals surface area contributed by atoms with Crippen LogP contribution in [0.15, 0.2) is 11.6 Å². The van der Waals surface area contributed by atoms with Crippen LogP contribution >= 0.6 is 0 Å². The Bertz CT molecular complexity index is 294. The van der Waals surface area contributed by atoms with Gasteiger partial charge in [-0.2, -0.15) is 0 Å². The third-order valence-electron chi connectivity index (χ3n) is 3.41. The number of carbonyl (C=O) groups excluding carboxylic acids is 1. The minimum atomic E-state index is 0.273. The van der Waals surface area contributed by atoms with Crippen LogP contribution in [0.2, 0.25) is 0 Å². The van der Waals surface area contributed by atoms with Gasteiger partial charge in [-0.1, -0.05) is 32.4 Å². The molecule has 0 radical (unpaired) electrons. The number of nitrogens with zero attached hydrogens (tertiary/aromatic N) is 1. The van der Waals surface area contributed by atoms with Crippen molar-refractivity contribution in [3.8, 4) is 0 Å². The first-order valence-electron chi connectivity index (χ1n) is 5.97. The zero-order valence-electron chi connectivity index (χ0n) is 10.0. The molecule has 2 aliphatic rings. The van der Waals surface area contributed by atoms with Crippen molar-refractivity contribution in [2.75, 3.05) is 13.1 Å². The normalized spacial score (nSPS) is 22.6. The number of amides is 1. The van der Waals surface area contributed by atoms with Gasteiger partial charge in [0.1, 0.15) is 0 Å². The minimum absolute atomic E-state index is 0.273. The Hall–Kier alpha value is -0.790. The van der Waals surface area contributed by atoms with Crippen LogP contribution in [0.3, 0.4) is 0 Å². The maximum atomic E-state index is 11.8. The predicted octanol–water partition coefficient (Wildman–Crippen LogP) is 2.60. The molecule has 84 valence electrons. The summed E-state index contributed by atoms with van der Waals surface area (Å²) in [5.41, 5.74) is 1.77. The van der Waals surface area contributed by atoms with Crippen molar-refractivity contribution in [1.29, 1.82) is 0 Å². The molecule has 2 heteroatoms. The Kier molecular flexibility index (Phi) is 2.61. The van der Waals surface area contributed by atoms with E-state index < -0.39 is 0 Å². The predicted molar refractivity (Wildman–Crippen MR) is 61.5 cm³/mol. The molecule has 1 saturated carbocycles. The van der Waals surface area contributed by atoms with Gasteiger partial charge in [-0.05, 0) is 24.7 Å². The van der Waals surface area contributed by atoms with E-state index in [0.29, 0.717) is 11.8 Å². The highest BCUT2D eigenvalue weighted by Gasteiger charge is 2.34. The number of hydrogen-bond acceptors (Lipinski definition) is 1. The lowest BCUT2D eigenvalue weighted by Gasteiger charge is -2.32. The smallest absolute Gasteiger partial charge is 0.225 e. The van der Waals surface area contributed by atoms with Gasteiger partial charge < -0.3 is 4.90 Å². The molecule has 0 spiro atoms. The Balaban J connectivity index is 1.95. The molecule has 2 rings (SSSR count). The summed E-state index contributed by atoms with van der Waals surface area (Å²) in [6, 6.07) is 0. The summed E-state index contributed by atoms with van der Waals surface area (Å²) >= 11 is 0. The van der Waals surface area contributed by atoms with E-state index >= 15 is 0 Å². The van der Waals surface area contributed by atoms with E-state index in [1.165, 1.54) is 5.57 Å². The summed E-state index contributed by atoms with van der Waals surface area (Å²) in [5, 5.41) is 0. The average Bonchev–Trinajstić information content (AvgIpc) is 2.99. The molecule has 1 aliphatic heterocycles. The zero-order valence-corrected chi connectivity index (χ0v) is 10.0. The summed E-state index contributed by atoms with van der Waals surface area (Å²) in [7, 11) is 0. The fourth-order valence-electron chi connectivity index (χ4n) is 2.14. The first-order chi connectivity index (χ1) is 6.98. The summed E-state index contributed by atoms with van der Waals surface area (Å²) in [6.45, 7) is 8.51. The quantitative estimate of drug-likeness (QED) is 0.605. The van der Waals surface area contributed by atoms with Gasteiger partial charge in [0.05, 0.1) is 0 Å². The molecule has 1 fully saturated rings. The van der Waals surface area contributed by atoms with Crippen LogP contribution in [0.4, 0.5) is 0 Å². The number of hydrogen-bond donors (Lipinski definition) is 0. The minimum Gasteiger partial charge on any atom is -0.338 e. The van der Waals surface area contributed by atoms with Gasteiger partial charge in [0.15, 0.2) is 0 Å². The molecular weight excluding hydrogens is 186 g/mol. The van der Waals surface area contributed by atoms with Gasteiger partial charge in [0.2, 0.25) is 5.91 Å². The Morgan fingerprint density at radius 3 is 2.47 bits per heavy atom. The lowest BCUT2D eigenvalue weighted by molar-refractivity contribution is -0.132. The van der Waals surface area contributed by atoms with Crippen molar-refractivity contribution in [2.45, 2.75) is 40.0 Å². The molecule has 0 bridgehead atoms. The summed E-state index contributed by atoms with van der Waals surface area (Å²) in [5.74, 6) is 0.758. The van der Waals surface area contributed by atoms with Crippen molar-refractivity contribution in [1.82, 2.24) is 4.90 Å². The van der Waals surface area contributed by atoms with Crippen LogP contribution in [0.5, 0.6) is 0 Å². The molecule has 0 saturated heterocycles. The summed E-state index contributed by atoms with van der Waals surface area (Å²) < 4.78 is 0. The van der Waals surface area contributed by atoms with E-state index in [4.69, 9.17) is 0 Å². The van der Waals surface area contributed by atoms with Gasteiger partial charge in [-0.15, -0.1) is 0 Å². The largest absolute Gasteiger partial charge is 0.338 e. The number of carbonyl (C=O) groups is 1. The first kappa shape index (κ1) is 10.7. The monoisotopic (exact) mass is 207 g/mol. The lowest BCUT2D eigenvalue weighted by Crippen LogP contribution is -2.37. The molecule has 0 unspecified atom stereocenters. The molecule has 0 aromatic carbocycles. The SMILES string of the molecule is CC(C)(C)C1=CCN(C(=O)C2CC2)CC1. The maximum absolute atomic E-state index is 11.8. The van der Waals surface area contributed by atoms with Crippen molar-refractivity contribution in [3.63, 3.8) is 0 Å².